The Morgan fingerprint density at radius 2 is 0.587 bits per heavy atom. The van der Waals surface area contributed by atoms with Crippen molar-refractivity contribution in [2.24, 2.45) is 0 Å². The molecule has 0 radical (unpaired) electrons. The molecule has 12 nitrogen and oxygen atoms in total. The molecule has 1 unspecified atom stereocenters. The first kappa shape index (κ1) is 119. The zero-order valence-corrected chi connectivity index (χ0v) is 99.6. The number of aryl methyl sites for hydroxylation is 2. The van der Waals surface area contributed by atoms with Crippen LogP contribution in [0, 0.1) is 13.8 Å². The molecule has 3 aliphatic heterocycles. The molecule has 138 heavy (non-hydrogen) atoms. The number of rotatable bonds is 18. The molecule has 768 valence electrons. The topological polar surface area (TPSA) is 111 Å². The van der Waals surface area contributed by atoms with Gasteiger partial charge in [0, 0.05) is 50.9 Å². The lowest BCUT2D eigenvalue weighted by molar-refractivity contribution is 0.146. The average molecular weight is 1990 g/mol. The molecule has 0 spiro atoms. The summed E-state index contributed by atoms with van der Waals surface area (Å²) < 4.78 is 74.0. The van der Waals surface area contributed by atoms with Gasteiger partial charge in [-0.05, 0) is 190 Å². The van der Waals surface area contributed by atoms with Gasteiger partial charge in [0.05, 0.1) is 47.8 Å². The van der Waals surface area contributed by atoms with Gasteiger partial charge in [-0.1, -0.05) is 438 Å². The van der Waals surface area contributed by atoms with E-state index in [0.717, 1.165) is 84.4 Å². The first-order chi connectivity index (χ1) is 63.0. The maximum absolute atomic E-state index is 6.88. The number of unbranched alkanes of at least 4 members (excludes halogenated alkanes) is 5. The van der Waals surface area contributed by atoms with E-state index in [0.29, 0.717) is 19.8 Å². The number of hydrogen-bond donors (Lipinski definition) is 0. The average Bonchev–Trinajstić information content (AvgIpc) is 0.737. The summed E-state index contributed by atoms with van der Waals surface area (Å²) in [5, 5.41) is 1.06. The summed E-state index contributed by atoms with van der Waals surface area (Å²) in [7, 11) is -3.24. The molecular formula is C121H187O12P5. The lowest BCUT2D eigenvalue weighted by atomic mass is 9.76. The smallest absolute Gasteiger partial charge is 0.463 e. The maximum atomic E-state index is 6.88. The number of fused-ring (bicyclic) bond motifs is 2. The Labute approximate surface area is 849 Å². The minimum Gasteiger partial charge on any atom is -0.480 e. The third-order valence-corrected chi connectivity index (χ3v) is 30.0. The van der Waals surface area contributed by atoms with E-state index in [-0.39, 0.29) is 75.8 Å². The fourth-order valence-electron chi connectivity index (χ4n) is 15.9. The SMILES string of the molecule is CC(C)(C)c1ccc(OP)c(C(C)(C)C)c1.CC(C)(C)c1ccc(OP2OCCCO2)c(C(C)(C)C)c1.CCCCCCCCOP1Oc2c(cc(C(C)(C)C)cc2C(C)(C)C)Cc2cc(C(C)(C)C)cc(C(C)(C)C)c2O1.Cc1cc(C(C)(C)C)c(OP2OCCCO2)c(C(C)(C)C)c1.Cc1ccc(P(Oc2ccc(C(C)(C)C)cc2C(C)(C)C)Oc2ccc(C(C)(C)C)cc2C(C)(C)C)cc1. The summed E-state index contributed by atoms with van der Waals surface area (Å²) >= 11 is 0. The van der Waals surface area contributed by atoms with Crippen molar-refractivity contribution in [1.82, 2.24) is 0 Å². The van der Waals surface area contributed by atoms with Gasteiger partial charge in [-0.2, -0.15) is 0 Å². The Morgan fingerprint density at radius 1 is 0.290 bits per heavy atom. The van der Waals surface area contributed by atoms with Crippen LogP contribution in [0.3, 0.4) is 0 Å². The normalized spacial score (nSPS) is 15.0. The van der Waals surface area contributed by atoms with Crippen LogP contribution in [0.4, 0.5) is 0 Å². The second kappa shape index (κ2) is 47.7. The van der Waals surface area contributed by atoms with Crippen LogP contribution < -0.4 is 37.0 Å². The Bertz CT molecular complexity index is 5030. The molecule has 1 atom stereocenters. The quantitative estimate of drug-likeness (QED) is 0.0602. The van der Waals surface area contributed by atoms with Crippen LogP contribution in [0.5, 0.6) is 40.2 Å². The minimum atomic E-state index is -1.62. The van der Waals surface area contributed by atoms with Gasteiger partial charge in [-0.3, -0.25) is 4.52 Å². The molecule has 0 aliphatic carbocycles. The van der Waals surface area contributed by atoms with Crippen LogP contribution in [-0.4, -0.2) is 33.0 Å². The second-order valence-corrected chi connectivity index (χ2v) is 57.8. The Hall–Kier alpha value is -5.69. The van der Waals surface area contributed by atoms with E-state index in [1.165, 1.54) is 132 Å². The summed E-state index contributed by atoms with van der Waals surface area (Å²) in [4.78, 5) is 0. The minimum absolute atomic E-state index is 0.00642. The number of hydrogen-bond acceptors (Lipinski definition) is 12. The van der Waals surface area contributed by atoms with Crippen LogP contribution in [0.1, 0.15) is 449 Å². The summed E-state index contributed by atoms with van der Waals surface area (Å²) in [6.07, 6.45) is 10.00. The molecule has 3 aliphatic rings. The third-order valence-electron chi connectivity index (χ3n) is 25.0. The highest BCUT2D eigenvalue weighted by molar-refractivity contribution is 7.56. The third kappa shape index (κ3) is 35.6. The molecule has 2 saturated heterocycles. The zero-order chi connectivity index (χ0) is 104. The van der Waals surface area contributed by atoms with Crippen molar-refractivity contribution in [3.63, 3.8) is 0 Å². The van der Waals surface area contributed by atoms with Gasteiger partial charge in [-0.15, -0.1) is 0 Å². The second-order valence-electron chi connectivity index (χ2n) is 52.8. The largest absolute Gasteiger partial charge is 0.480 e. The van der Waals surface area contributed by atoms with Gasteiger partial charge in [0.1, 0.15) is 40.2 Å². The van der Waals surface area contributed by atoms with E-state index < -0.39 is 34.2 Å². The van der Waals surface area contributed by atoms with Crippen molar-refractivity contribution in [3.8, 4) is 40.2 Å². The fourth-order valence-corrected chi connectivity index (χ4v) is 20.7. The summed E-state index contributed by atoms with van der Waals surface area (Å²) in [5.74, 6) is 6.45. The van der Waals surface area contributed by atoms with Crippen molar-refractivity contribution in [1.29, 1.82) is 0 Å². The monoisotopic (exact) mass is 1990 g/mol. The molecule has 8 aromatic rings. The van der Waals surface area contributed by atoms with Crippen LogP contribution in [0.15, 0.2) is 133 Å². The van der Waals surface area contributed by atoms with Crippen molar-refractivity contribution in [3.05, 3.63) is 234 Å². The van der Waals surface area contributed by atoms with E-state index in [2.05, 4.69) is 454 Å². The molecule has 0 aromatic heterocycles. The van der Waals surface area contributed by atoms with Crippen molar-refractivity contribution >= 4 is 49.0 Å². The number of benzene rings is 8. The van der Waals surface area contributed by atoms with Crippen LogP contribution in [0.2, 0.25) is 0 Å². The highest BCUT2D eigenvalue weighted by atomic mass is 31.2. The lowest BCUT2D eigenvalue weighted by Gasteiger charge is -2.34. The van der Waals surface area contributed by atoms with E-state index in [1.807, 2.05) is 0 Å². The van der Waals surface area contributed by atoms with Gasteiger partial charge >= 0.3 is 34.2 Å². The molecule has 3 heterocycles. The molecule has 2 fully saturated rings. The molecule has 0 N–H and O–H groups in total. The van der Waals surface area contributed by atoms with Gasteiger partial charge < -0.3 is 49.8 Å². The highest BCUT2D eigenvalue weighted by Crippen LogP contribution is 2.57. The Morgan fingerprint density at radius 3 is 0.913 bits per heavy atom. The molecule has 0 amide bonds. The molecule has 0 saturated carbocycles. The molecule has 0 bridgehead atoms. The van der Waals surface area contributed by atoms with Crippen molar-refractivity contribution in [2.75, 3.05) is 33.0 Å². The van der Waals surface area contributed by atoms with Gasteiger partial charge in [-0.25, -0.2) is 0 Å². The van der Waals surface area contributed by atoms with E-state index in [1.54, 1.807) is 0 Å². The van der Waals surface area contributed by atoms with Crippen molar-refractivity contribution in [2.45, 2.75) is 445 Å². The van der Waals surface area contributed by atoms with Crippen molar-refractivity contribution < 1.29 is 54.3 Å². The first-order valence-corrected chi connectivity index (χ1v) is 55.9. The standard InChI is InChI=1S/C37H59O3P.C35H49O2P.C18H29O3P.C17H27O3P.C14H23OP/c1-14-15-16-17-18-19-20-38-41-39-32-26(22-28(34(2,3)4)24-30(32)36(8,9)10)21-27-23-29(35(5,6)7)25-31(33(27)40-41)37(11,12)13;1-24-14-18-27(19-15-24)38(36-30-20-16-25(32(2,3)4)22-28(30)34(8,9)10)37-31-21-17-26(33(5,6)7)23-29(31)35(11,12)13;1-13-11-14(17(2,3)4)16(15(12-13)18(5,6)7)21-22-19-9-8-10-20-22;1-16(2,3)13-8-9-15(14(12-13)17(4,5)6)20-21-18-10-7-11-19-21;1-13(2,3)10-7-8-12(15-16)11(9-10)14(4,5)6/h22-25H,14-21H2,1-13H3;14-23H,1-13H3;11-12H,8-10H2,1-7H3;8-9,12H,7,10-11H2,1-6H3;7-9H,16H2,1-6H3. The molecule has 11 rings (SSSR count). The van der Waals surface area contributed by atoms with E-state index in [9.17, 15) is 0 Å². The molecule has 8 aromatic carbocycles. The molecular weight excluding hydrogens is 1800 g/mol. The molecule has 17 heteroatoms. The summed E-state index contributed by atoms with van der Waals surface area (Å²) in [6.45, 7) is 104. The Balaban J connectivity index is 0.000000245. The fraction of sp³-hybridized carbons (Fsp3) is 0.603. The maximum Gasteiger partial charge on any atom is 0.463 e. The Kier molecular flexibility index (Phi) is 41.2. The highest BCUT2D eigenvalue weighted by Gasteiger charge is 2.39. The van der Waals surface area contributed by atoms with Crippen LogP contribution in [-0.2, 0) is 105 Å². The van der Waals surface area contributed by atoms with Gasteiger partial charge in [0.25, 0.3) is 0 Å². The van der Waals surface area contributed by atoms with E-state index in [4.69, 9.17) is 54.3 Å². The van der Waals surface area contributed by atoms with Gasteiger partial charge in [0.2, 0.25) is 0 Å². The van der Waals surface area contributed by atoms with Gasteiger partial charge in [0.15, 0.2) is 0 Å². The first-order valence-electron chi connectivity index (χ1n) is 51.0. The van der Waals surface area contributed by atoms with E-state index >= 15 is 0 Å². The predicted molar refractivity (Wildman–Crippen MR) is 599 cm³/mol. The lowest BCUT2D eigenvalue weighted by Crippen LogP contribution is -2.22. The zero-order valence-electron chi connectivity index (χ0n) is 94.9. The summed E-state index contributed by atoms with van der Waals surface area (Å²) in [6, 6.07) is 48.7. The van der Waals surface area contributed by atoms with Crippen LogP contribution in [0.25, 0.3) is 0 Å². The summed E-state index contributed by atoms with van der Waals surface area (Å²) in [5.41, 5.74) is 23.0. The predicted octanol–water partition coefficient (Wildman–Crippen LogP) is 37.5. The van der Waals surface area contributed by atoms with Crippen LogP contribution >= 0.6 is 43.6 Å².